The minimum atomic E-state index is -2.59. The predicted molar refractivity (Wildman–Crippen MR) is 64.9 cm³/mol. The Bertz CT molecular complexity index is 437. The lowest BCUT2D eigenvalue weighted by molar-refractivity contribution is -0.0481. The Balaban J connectivity index is 1.96. The van der Waals surface area contributed by atoms with Crippen LogP contribution in [-0.4, -0.2) is 12.0 Å². The van der Waals surface area contributed by atoms with Gasteiger partial charge in [0.15, 0.2) is 0 Å². The van der Waals surface area contributed by atoms with Crippen LogP contribution in [0.1, 0.15) is 31.2 Å². The number of rotatable bonds is 3. The van der Waals surface area contributed by atoms with Gasteiger partial charge in [0.1, 0.15) is 11.6 Å². The molecule has 0 heterocycles. The van der Waals surface area contributed by atoms with E-state index in [0.717, 1.165) is 6.07 Å². The molecular formula is C14H17F4N. The standard InChI is InChI=1S/C14H17F4N/c15-11-2-1-10(12(16)8-11)7-13(19)9-3-5-14(17,18)6-4-9/h1-2,8-9,13H,3-7,19H2. The first-order valence-corrected chi connectivity index (χ1v) is 6.45. The van der Waals surface area contributed by atoms with E-state index in [-0.39, 0.29) is 31.2 Å². The van der Waals surface area contributed by atoms with Gasteiger partial charge in [-0.15, -0.1) is 0 Å². The van der Waals surface area contributed by atoms with E-state index >= 15 is 0 Å². The maximum absolute atomic E-state index is 13.5. The quantitative estimate of drug-likeness (QED) is 0.837. The van der Waals surface area contributed by atoms with Crippen molar-refractivity contribution in [1.82, 2.24) is 0 Å². The van der Waals surface area contributed by atoms with Crippen LogP contribution in [0.25, 0.3) is 0 Å². The fraction of sp³-hybridized carbons (Fsp3) is 0.571. The second-order valence-corrected chi connectivity index (χ2v) is 5.30. The summed E-state index contributed by atoms with van der Waals surface area (Å²) in [5.74, 6) is -3.87. The molecule has 2 rings (SSSR count). The van der Waals surface area contributed by atoms with Crippen molar-refractivity contribution in [1.29, 1.82) is 0 Å². The summed E-state index contributed by atoms with van der Waals surface area (Å²) in [5.41, 5.74) is 6.31. The summed E-state index contributed by atoms with van der Waals surface area (Å²) in [5, 5.41) is 0. The van der Waals surface area contributed by atoms with Crippen LogP contribution in [0.15, 0.2) is 18.2 Å². The first-order valence-electron chi connectivity index (χ1n) is 6.45. The first kappa shape index (κ1) is 14.3. The maximum Gasteiger partial charge on any atom is 0.248 e. The normalized spacial score (nSPS) is 21.3. The molecule has 1 nitrogen and oxygen atoms in total. The van der Waals surface area contributed by atoms with E-state index in [9.17, 15) is 17.6 Å². The zero-order chi connectivity index (χ0) is 14.0. The molecule has 0 aromatic heterocycles. The van der Waals surface area contributed by atoms with Crippen molar-refractivity contribution in [3.63, 3.8) is 0 Å². The second-order valence-electron chi connectivity index (χ2n) is 5.30. The van der Waals surface area contributed by atoms with Crippen molar-refractivity contribution in [2.45, 2.75) is 44.1 Å². The van der Waals surface area contributed by atoms with Crippen molar-refractivity contribution >= 4 is 0 Å². The van der Waals surface area contributed by atoms with Gasteiger partial charge in [-0.3, -0.25) is 0 Å². The van der Waals surface area contributed by atoms with Gasteiger partial charge in [0.2, 0.25) is 5.92 Å². The lowest BCUT2D eigenvalue weighted by Crippen LogP contribution is -2.37. The van der Waals surface area contributed by atoms with Crippen LogP contribution in [0, 0.1) is 17.6 Å². The SMILES string of the molecule is NC(Cc1ccc(F)cc1F)C1CCC(F)(F)CC1. The van der Waals surface area contributed by atoms with Gasteiger partial charge in [0.05, 0.1) is 0 Å². The fourth-order valence-corrected chi connectivity index (χ4v) is 2.60. The molecule has 106 valence electrons. The molecule has 0 bridgehead atoms. The number of hydrogen-bond donors (Lipinski definition) is 1. The molecule has 0 spiro atoms. The Morgan fingerprint density at radius 2 is 1.84 bits per heavy atom. The summed E-state index contributed by atoms with van der Waals surface area (Å²) < 4.78 is 52.3. The Morgan fingerprint density at radius 1 is 1.21 bits per heavy atom. The average molecular weight is 275 g/mol. The molecule has 19 heavy (non-hydrogen) atoms. The van der Waals surface area contributed by atoms with Crippen molar-refractivity contribution in [3.05, 3.63) is 35.4 Å². The zero-order valence-electron chi connectivity index (χ0n) is 10.5. The summed E-state index contributed by atoms with van der Waals surface area (Å²) in [4.78, 5) is 0. The summed E-state index contributed by atoms with van der Waals surface area (Å²) in [6.45, 7) is 0. The summed E-state index contributed by atoms with van der Waals surface area (Å²) in [7, 11) is 0. The van der Waals surface area contributed by atoms with E-state index in [0.29, 0.717) is 18.4 Å². The molecule has 1 aromatic rings. The molecule has 0 saturated heterocycles. The third-order valence-electron chi connectivity index (χ3n) is 3.84. The van der Waals surface area contributed by atoms with Gasteiger partial charge in [-0.1, -0.05) is 6.07 Å². The van der Waals surface area contributed by atoms with Gasteiger partial charge in [-0.25, -0.2) is 17.6 Å². The van der Waals surface area contributed by atoms with Gasteiger partial charge in [-0.05, 0) is 36.8 Å². The van der Waals surface area contributed by atoms with Crippen LogP contribution < -0.4 is 5.73 Å². The molecule has 1 aliphatic rings. The summed E-state index contributed by atoms with van der Waals surface area (Å²) in [6, 6.07) is 3.00. The second kappa shape index (κ2) is 5.49. The highest BCUT2D eigenvalue weighted by atomic mass is 19.3. The first-order chi connectivity index (χ1) is 8.87. The van der Waals surface area contributed by atoms with Crippen molar-refractivity contribution in [2.75, 3.05) is 0 Å². The minimum absolute atomic E-state index is 0.0240. The minimum Gasteiger partial charge on any atom is -0.327 e. The van der Waals surface area contributed by atoms with Gasteiger partial charge < -0.3 is 5.73 Å². The van der Waals surface area contributed by atoms with E-state index in [2.05, 4.69) is 0 Å². The molecule has 1 saturated carbocycles. The van der Waals surface area contributed by atoms with Crippen LogP contribution in [0.4, 0.5) is 17.6 Å². The smallest absolute Gasteiger partial charge is 0.248 e. The van der Waals surface area contributed by atoms with Gasteiger partial charge >= 0.3 is 0 Å². The molecule has 1 unspecified atom stereocenters. The Labute approximate surface area is 109 Å². The van der Waals surface area contributed by atoms with Gasteiger partial charge in [-0.2, -0.15) is 0 Å². The van der Waals surface area contributed by atoms with Crippen LogP contribution in [0.2, 0.25) is 0 Å². The zero-order valence-corrected chi connectivity index (χ0v) is 10.5. The monoisotopic (exact) mass is 275 g/mol. The number of halogens is 4. The summed E-state index contributed by atoms with van der Waals surface area (Å²) >= 11 is 0. The molecule has 5 heteroatoms. The van der Waals surface area contributed by atoms with Crippen LogP contribution in [0.3, 0.4) is 0 Å². The van der Waals surface area contributed by atoms with Gasteiger partial charge in [0.25, 0.3) is 0 Å². The molecule has 1 fully saturated rings. The van der Waals surface area contributed by atoms with Crippen LogP contribution in [-0.2, 0) is 6.42 Å². The molecule has 1 aromatic carbocycles. The highest BCUT2D eigenvalue weighted by Crippen LogP contribution is 2.37. The van der Waals surface area contributed by atoms with E-state index in [4.69, 9.17) is 5.73 Å². The highest BCUT2D eigenvalue weighted by Gasteiger charge is 2.36. The predicted octanol–water partition coefficient (Wildman–Crippen LogP) is 3.66. The lowest BCUT2D eigenvalue weighted by Gasteiger charge is -2.32. The van der Waals surface area contributed by atoms with Crippen molar-refractivity contribution < 1.29 is 17.6 Å². The van der Waals surface area contributed by atoms with Crippen LogP contribution >= 0.6 is 0 Å². The number of nitrogens with two attached hydrogens (primary N) is 1. The van der Waals surface area contributed by atoms with Gasteiger partial charge in [0, 0.05) is 24.9 Å². The fourth-order valence-electron chi connectivity index (χ4n) is 2.60. The van der Waals surface area contributed by atoms with Crippen molar-refractivity contribution in [2.24, 2.45) is 11.7 Å². The lowest BCUT2D eigenvalue weighted by atomic mass is 9.80. The molecule has 0 radical (unpaired) electrons. The molecule has 0 aliphatic heterocycles. The van der Waals surface area contributed by atoms with Crippen molar-refractivity contribution in [3.8, 4) is 0 Å². The van der Waals surface area contributed by atoms with E-state index in [1.807, 2.05) is 0 Å². The Morgan fingerprint density at radius 3 is 2.42 bits per heavy atom. The average Bonchev–Trinajstić information content (AvgIpc) is 2.32. The third-order valence-corrected chi connectivity index (χ3v) is 3.84. The number of benzene rings is 1. The maximum atomic E-state index is 13.5. The molecule has 2 N–H and O–H groups in total. The third kappa shape index (κ3) is 3.69. The highest BCUT2D eigenvalue weighted by molar-refractivity contribution is 5.19. The largest absolute Gasteiger partial charge is 0.327 e. The Kier molecular flexibility index (Phi) is 4.13. The molecular weight excluding hydrogens is 258 g/mol. The topological polar surface area (TPSA) is 26.0 Å². The molecule has 0 amide bonds. The number of hydrogen-bond acceptors (Lipinski definition) is 1. The van der Waals surface area contributed by atoms with E-state index < -0.39 is 17.6 Å². The van der Waals surface area contributed by atoms with E-state index in [1.54, 1.807) is 0 Å². The molecule has 1 atom stereocenters. The Hall–Kier alpha value is -1.10. The summed E-state index contributed by atoms with van der Waals surface area (Å²) in [6.07, 6.45) is 0.658. The van der Waals surface area contributed by atoms with Crippen LogP contribution in [0.5, 0.6) is 0 Å². The number of alkyl halides is 2. The van der Waals surface area contributed by atoms with E-state index in [1.165, 1.54) is 12.1 Å². The molecule has 1 aliphatic carbocycles.